The van der Waals surface area contributed by atoms with E-state index in [9.17, 15) is 12.3 Å². The van der Waals surface area contributed by atoms with Crippen LogP contribution in [0.25, 0.3) is 60.5 Å². The Balaban J connectivity index is 1.45. The number of aromatic nitrogens is 1. The largest absolute Gasteiger partial charge is 0.310 e. The Morgan fingerprint density at radius 1 is 0.375 bits per heavy atom. The van der Waals surface area contributed by atoms with E-state index in [0.717, 1.165) is 10.6 Å². The van der Waals surface area contributed by atoms with Gasteiger partial charge in [-0.15, -0.1) is 0 Å². The molecule has 0 spiro atoms. The lowest BCUT2D eigenvalue weighted by Crippen LogP contribution is -2.09. The Labute approximate surface area is 323 Å². The van der Waals surface area contributed by atoms with Crippen molar-refractivity contribution in [3.8, 4) is 27.9 Å². The van der Waals surface area contributed by atoms with Crippen LogP contribution in [-0.2, 0) is 0 Å². The average Bonchev–Trinajstić information content (AvgIpc) is 4.06. The van der Waals surface area contributed by atoms with Gasteiger partial charge in [0.05, 0.1) is 53.5 Å². The van der Waals surface area contributed by atoms with Crippen molar-refractivity contribution in [2.75, 3.05) is 4.90 Å². The van der Waals surface area contributed by atoms with E-state index >= 15 is 0 Å². The van der Waals surface area contributed by atoms with Gasteiger partial charge in [0.25, 0.3) is 0 Å². The number of hydrogen-bond acceptors (Lipinski definition) is 1. The second kappa shape index (κ2) is 11.8. The Morgan fingerprint density at radius 2 is 1.00 bits per heavy atom. The van der Waals surface area contributed by atoms with Crippen LogP contribution in [0.15, 0.2) is 193 Å². The number of fused-ring (bicyclic) bond motifs is 4. The van der Waals surface area contributed by atoms with Crippen LogP contribution in [0.4, 0.5) is 17.1 Å². The van der Waals surface area contributed by atoms with Crippen molar-refractivity contribution in [3.05, 3.63) is 193 Å². The van der Waals surface area contributed by atoms with Crippen molar-refractivity contribution in [2.45, 2.75) is 0 Å². The van der Waals surface area contributed by atoms with Gasteiger partial charge in [0, 0.05) is 33.5 Å². The molecule has 0 bridgehead atoms. The van der Waals surface area contributed by atoms with Gasteiger partial charge in [0.1, 0.15) is 0 Å². The first-order valence-electron chi connectivity index (χ1n) is 29.4. The highest BCUT2D eigenvalue weighted by Gasteiger charge is 2.16. The quantitative estimate of drug-likeness (QED) is 0.175. The molecule has 8 aromatic carbocycles. The summed E-state index contributed by atoms with van der Waals surface area (Å²) in [7, 11) is 0. The molecule has 0 aliphatic carbocycles. The highest BCUT2D eigenvalue weighted by atomic mass is 15.1. The number of rotatable bonds is 6. The molecule has 0 unspecified atom stereocenters. The summed E-state index contributed by atoms with van der Waals surface area (Å²) in [6.45, 7) is 0. The van der Waals surface area contributed by atoms with E-state index in [1.54, 1.807) is 0 Å². The van der Waals surface area contributed by atoms with Crippen LogP contribution < -0.4 is 4.90 Å². The molecule has 0 aliphatic rings. The molecule has 48 heavy (non-hydrogen) atoms. The maximum absolute atomic E-state index is 9.74. The molecule has 0 fully saturated rings. The van der Waals surface area contributed by atoms with Crippen molar-refractivity contribution in [2.24, 2.45) is 0 Å². The van der Waals surface area contributed by atoms with E-state index in [-0.39, 0.29) is 5.39 Å². The molecule has 0 saturated heterocycles. The molecule has 0 N–H and O–H groups in total. The second-order valence-electron chi connectivity index (χ2n) is 9.84. The van der Waals surface area contributed by atoms with Crippen LogP contribution >= 0.6 is 0 Å². The summed E-state index contributed by atoms with van der Waals surface area (Å²) in [5.41, 5.74) is -9.12. The maximum atomic E-state index is 9.74. The van der Waals surface area contributed by atoms with Gasteiger partial charge in [-0.25, -0.2) is 0 Å². The molecule has 0 atom stereocenters. The third-order valence-electron chi connectivity index (χ3n) is 7.07. The number of anilines is 3. The van der Waals surface area contributed by atoms with Gasteiger partial charge in [-0.05, 0) is 99.5 Å². The fourth-order valence-electron chi connectivity index (χ4n) is 4.97. The second-order valence-corrected chi connectivity index (χ2v) is 9.84. The van der Waals surface area contributed by atoms with Crippen LogP contribution in [0.5, 0.6) is 0 Å². The van der Waals surface area contributed by atoms with Crippen molar-refractivity contribution >= 4 is 49.6 Å². The molecular formula is C46H32N2. The summed E-state index contributed by atoms with van der Waals surface area (Å²) in [4.78, 5) is 0.315. The summed E-state index contributed by atoms with van der Waals surface area (Å²) in [6, 6.07) is -30.3. The van der Waals surface area contributed by atoms with Crippen molar-refractivity contribution in [1.82, 2.24) is 4.57 Å². The Hall–Kier alpha value is -6.38. The zero-order valence-corrected chi connectivity index (χ0v) is 24.0. The predicted molar refractivity (Wildman–Crippen MR) is 204 cm³/mol. The average molecular weight is 644 g/mol. The standard InChI is InChI=1S/C46H32N2/c1-3-12-33(13-4-1)37-16-11-19-41(30-37)47(39-17-5-2-6-18-39)40-26-22-35(23-27-40)38-25-29-46-44(32-38)43-20-9-10-21-45(43)48(46)42-28-24-34-14-7-8-15-36(34)31-42/h1-32H/i1D,2D,3D,4D,5D,6D,7D,8D,9D,10D,11D,12D,13D,15D,16D,17D,18D,19D,20D,21D,22D,23D,24D,25D,26D,27D,28D,29D,30D,31D,32D. The number of benzene rings is 8. The van der Waals surface area contributed by atoms with Crippen LogP contribution in [0.1, 0.15) is 42.5 Å². The number of hydrogen-bond donors (Lipinski definition) is 0. The topological polar surface area (TPSA) is 8.17 Å². The minimum atomic E-state index is -1.30. The van der Waals surface area contributed by atoms with Gasteiger partial charge in [-0.3, -0.25) is 0 Å². The minimum absolute atomic E-state index is 0.291. The van der Waals surface area contributed by atoms with E-state index in [1.807, 2.05) is 0 Å². The van der Waals surface area contributed by atoms with Crippen molar-refractivity contribution in [3.63, 3.8) is 0 Å². The molecule has 1 heterocycles. The zero-order chi connectivity index (χ0) is 58.8. The Kier molecular flexibility index (Phi) is 2.59. The smallest absolute Gasteiger partial charge is 0.0651 e. The van der Waals surface area contributed by atoms with Gasteiger partial charge in [0.2, 0.25) is 0 Å². The first-order valence-corrected chi connectivity index (χ1v) is 13.9. The fourth-order valence-corrected chi connectivity index (χ4v) is 4.97. The van der Waals surface area contributed by atoms with Crippen LogP contribution in [0.3, 0.4) is 0 Å². The minimum Gasteiger partial charge on any atom is -0.310 e. The van der Waals surface area contributed by atoms with E-state index in [0.29, 0.717) is 4.90 Å². The molecule has 0 radical (unpaired) electrons. The summed E-state index contributed by atoms with van der Waals surface area (Å²) in [5.74, 6) is 0. The van der Waals surface area contributed by atoms with Gasteiger partial charge in [-0.1, -0.05) is 127 Å². The highest BCUT2D eigenvalue weighted by molar-refractivity contribution is 6.10. The maximum Gasteiger partial charge on any atom is 0.0651 e. The Morgan fingerprint density at radius 3 is 1.85 bits per heavy atom. The van der Waals surface area contributed by atoms with Gasteiger partial charge >= 0.3 is 0 Å². The van der Waals surface area contributed by atoms with Crippen LogP contribution in [0, 0.1) is 0 Å². The van der Waals surface area contributed by atoms with Crippen LogP contribution in [0.2, 0.25) is 0 Å². The van der Waals surface area contributed by atoms with E-state index in [4.69, 9.17) is 30.2 Å². The normalized spacial score (nSPS) is 20.4. The molecule has 0 aliphatic heterocycles. The molecule has 0 amide bonds. The Bertz CT molecular complexity index is 4250. The summed E-state index contributed by atoms with van der Waals surface area (Å²) >= 11 is 0. The van der Waals surface area contributed by atoms with Gasteiger partial charge < -0.3 is 9.47 Å². The first kappa shape index (κ1) is 10.6. The molecule has 9 rings (SSSR count). The molecule has 9 aromatic rings. The highest BCUT2D eigenvalue weighted by Crippen LogP contribution is 2.39. The summed E-state index contributed by atoms with van der Waals surface area (Å²) < 4.78 is 277. The molecule has 226 valence electrons. The van der Waals surface area contributed by atoms with Gasteiger partial charge in [-0.2, -0.15) is 0 Å². The molecule has 1 aromatic heterocycles. The van der Waals surface area contributed by atoms with Crippen molar-refractivity contribution < 1.29 is 42.5 Å². The fraction of sp³-hybridized carbons (Fsp3) is 0. The monoisotopic (exact) mass is 643 g/mol. The SMILES string of the molecule is [2H]c1cc2c([2H])c([2H])c(-n3c4c([2H])c([2H])c([2H])c([2H])c4c4c([2H])c(-c5c([2H])c([2H])c(N(c6c([2H])c([2H])c([2H])c([2H])c6[2H])c6c([2H])c([2H])c([2H])c(-c7c([2H])c([2H])c([2H])c([2H])c7[2H])c6[2H])c([2H])c5[2H])c([2H])c([2H])c43)c([2H])c2c([2H])c1[2H]. The predicted octanol–water partition coefficient (Wildman–Crippen LogP) is 12.7. The van der Waals surface area contributed by atoms with Gasteiger partial charge in [0.15, 0.2) is 0 Å². The molecule has 2 nitrogen and oxygen atoms in total. The lowest BCUT2D eigenvalue weighted by atomic mass is 10.0. The third-order valence-corrected chi connectivity index (χ3v) is 7.07. The first-order chi connectivity index (χ1) is 36.7. The molecular weight excluding hydrogens is 581 g/mol. The van der Waals surface area contributed by atoms with E-state index < -0.39 is 260 Å². The lowest BCUT2D eigenvalue weighted by Gasteiger charge is -2.26. The number of para-hydroxylation sites is 2. The molecule has 0 saturated carbocycles. The van der Waals surface area contributed by atoms with Crippen LogP contribution in [-0.4, -0.2) is 4.57 Å². The molecule has 2 heteroatoms. The zero-order valence-electron chi connectivity index (χ0n) is 55.0. The third kappa shape index (κ3) is 4.92. The lowest BCUT2D eigenvalue weighted by molar-refractivity contribution is 1.19. The van der Waals surface area contributed by atoms with E-state index in [1.165, 1.54) is 0 Å². The van der Waals surface area contributed by atoms with Crippen molar-refractivity contribution in [1.29, 1.82) is 0 Å². The summed E-state index contributed by atoms with van der Waals surface area (Å²) in [5, 5.41) is -2.01. The number of nitrogens with zero attached hydrogens (tertiary/aromatic N) is 2. The van der Waals surface area contributed by atoms with E-state index in [2.05, 4.69) is 0 Å². The summed E-state index contributed by atoms with van der Waals surface area (Å²) in [6.07, 6.45) is 0.